The summed E-state index contributed by atoms with van der Waals surface area (Å²) in [5, 5.41) is 7.68. The third-order valence-corrected chi connectivity index (χ3v) is 5.40. The molecule has 0 atom stereocenters. The van der Waals surface area contributed by atoms with E-state index in [4.69, 9.17) is 23.2 Å². The predicted octanol–water partition coefficient (Wildman–Crippen LogP) is 6.16. The Morgan fingerprint density at radius 1 is 0.900 bits per heavy atom. The minimum absolute atomic E-state index is 0.267. The zero-order valence-corrected chi connectivity index (χ0v) is 18.8. The van der Waals surface area contributed by atoms with E-state index >= 15 is 0 Å². The van der Waals surface area contributed by atoms with Crippen molar-refractivity contribution in [1.82, 2.24) is 5.43 Å². The highest BCUT2D eigenvalue weighted by molar-refractivity contribution is 9.10. The lowest BCUT2D eigenvalue weighted by Gasteiger charge is -2.09. The SMILES string of the molecule is C/C(=N\NC(=O)c1ccccc1Br)c1cccc(NC(=O)c2ccc(Cl)cc2Cl)c1. The van der Waals surface area contributed by atoms with Crippen LogP contribution in [0.1, 0.15) is 33.2 Å². The molecule has 2 N–H and O–H groups in total. The minimum Gasteiger partial charge on any atom is -0.322 e. The zero-order chi connectivity index (χ0) is 21.7. The van der Waals surface area contributed by atoms with Crippen LogP contribution < -0.4 is 10.7 Å². The Morgan fingerprint density at radius 3 is 2.40 bits per heavy atom. The quantitative estimate of drug-likeness (QED) is 0.322. The molecule has 0 spiro atoms. The Labute approximate surface area is 192 Å². The van der Waals surface area contributed by atoms with Crippen molar-refractivity contribution < 1.29 is 9.59 Å². The van der Waals surface area contributed by atoms with E-state index in [-0.39, 0.29) is 16.8 Å². The third kappa shape index (κ3) is 5.48. The van der Waals surface area contributed by atoms with E-state index < -0.39 is 0 Å². The molecule has 0 saturated carbocycles. The van der Waals surface area contributed by atoms with Crippen LogP contribution in [0.4, 0.5) is 5.69 Å². The van der Waals surface area contributed by atoms with E-state index in [1.165, 1.54) is 6.07 Å². The molecule has 3 aromatic carbocycles. The summed E-state index contributed by atoms with van der Waals surface area (Å²) in [6.45, 7) is 1.76. The number of halogens is 3. The fraction of sp³-hybridized carbons (Fsp3) is 0.0455. The highest BCUT2D eigenvalue weighted by atomic mass is 79.9. The summed E-state index contributed by atoms with van der Waals surface area (Å²) in [7, 11) is 0. The lowest BCUT2D eigenvalue weighted by molar-refractivity contribution is 0.0953. The summed E-state index contributed by atoms with van der Waals surface area (Å²) >= 11 is 15.3. The van der Waals surface area contributed by atoms with Crippen molar-refractivity contribution in [2.24, 2.45) is 5.10 Å². The van der Waals surface area contributed by atoms with Crippen LogP contribution in [0.5, 0.6) is 0 Å². The molecule has 0 aliphatic heterocycles. The highest BCUT2D eigenvalue weighted by Gasteiger charge is 2.12. The normalized spacial score (nSPS) is 11.1. The maximum atomic E-state index is 12.5. The van der Waals surface area contributed by atoms with Gasteiger partial charge in [0.25, 0.3) is 11.8 Å². The molecule has 8 heteroatoms. The molecule has 5 nitrogen and oxygen atoms in total. The van der Waals surface area contributed by atoms with Crippen LogP contribution >= 0.6 is 39.1 Å². The van der Waals surface area contributed by atoms with Crippen LogP contribution in [0, 0.1) is 0 Å². The highest BCUT2D eigenvalue weighted by Crippen LogP contribution is 2.22. The molecule has 0 heterocycles. The number of anilines is 1. The average molecular weight is 505 g/mol. The lowest BCUT2D eigenvalue weighted by atomic mass is 10.1. The first-order chi connectivity index (χ1) is 14.3. The smallest absolute Gasteiger partial charge is 0.272 e. The van der Waals surface area contributed by atoms with Crippen molar-refractivity contribution >= 4 is 62.3 Å². The van der Waals surface area contributed by atoms with Crippen LogP contribution in [0.15, 0.2) is 76.3 Å². The predicted molar refractivity (Wildman–Crippen MR) is 125 cm³/mol. The van der Waals surface area contributed by atoms with E-state index in [1.807, 2.05) is 12.1 Å². The van der Waals surface area contributed by atoms with Crippen LogP contribution in [0.25, 0.3) is 0 Å². The van der Waals surface area contributed by atoms with Gasteiger partial charge in [0.15, 0.2) is 0 Å². The molecule has 0 aliphatic carbocycles. The Morgan fingerprint density at radius 2 is 1.67 bits per heavy atom. The van der Waals surface area contributed by atoms with Crippen molar-refractivity contribution in [3.8, 4) is 0 Å². The first kappa shape index (κ1) is 22.0. The number of carbonyl (C=O) groups excluding carboxylic acids is 2. The van der Waals surface area contributed by atoms with Gasteiger partial charge in [-0.05, 0) is 70.9 Å². The second-order valence-electron chi connectivity index (χ2n) is 6.28. The van der Waals surface area contributed by atoms with Gasteiger partial charge in [0.05, 0.1) is 21.9 Å². The number of carbonyl (C=O) groups is 2. The number of hydrazone groups is 1. The van der Waals surface area contributed by atoms with Gasteiger partial charge in [-0.25, -0.2) is 5.43 Å². The molecule has 0 aliphatic rings. The molecule has 30 heavy (non-hydrogen) atoms. The number of hydrogen-bond acceptors (Lipinski definition) is 3. The number of nitrogens with one attached hydrogen (secondary N) is 2. The van der Waals surface area contributed by atoms with Crippen LogP contribution in [-0.4, -0.2) is 17.5 Å². The topological polar surface area (TPSA) is 70.6 Å². The minimum atomic E-state index is -0.356. The van der Waals surface area contributed by atoms with Gasteiger partial charge in [0.1, 0.15) is 0 Å². The summed E-state index contributed by atoms with van der Waals surface area (Å²) in [6.07, 6.45) is 0. The fourth-order valence-electron chi connectivity index (χ4n) is 2.60. The maximum absolute atomic E-state index is 12.5. The van der Waals surface area contributed by atoms with Crippen molar-refractivity contribution in [3.05, 3.63) is 97.9 Å². The van der Waals surface area contributed by atoms with E-state index in [1.54, 1.807) is 55.5 Å². The summed E-state index contributed by atoms with van der Waals surface area (Å²) in [5.41, 5.74) is 5.22. The molecular weight excluding hydrogens is 489 g/mol. The fourth-order valence-corrected chi connectivity index (χ4v) is 3.56. The van der Waals surface area contributed by atoms with Gasteiger partial charge in [-0.2, -0.15) is 5.10 Å². The van der Waals surface area contributed by atoms with E-state index in [0.717, 1.165) is 5.56 Å². The van der Waals surface area contributed by atoms with Gasteiger partial charge < -0.3 is 5.32 Å². The zero-order valence-electron chi connectivity index (χ0n) is 15.7. The lowest BCUT2D eigenvalue weighted by Crippen LogP contribution is -2.19. The number of hydrogen-bond donors (Lipinski definition) is 2. The standard InChI is InChI=1S/C22H16BrCl2N3O2/c1-13(27-28-22(30)17-7-2-3-8-19(17)23)14-5-4-6-16(11-14)26-21(29)18-10-9-15(24)12-20(18)25/h2-12H,1H3,(H,26,29)(H,28,30)/b27-13+. The Bertz CT molecular complexity index is 1150. The molecule has 3 rings (SSSR count). The molecule has 0 bridgehead atoms. The molecule has 0 fully saturated rings. The van der Waals surface area contributed by atoms with Gasteiger partial charge in [0, 0.05) is 15.2 Å². The second kappa shape index (κ2) is 9.89. The average Bonchev–Trinajstić information content (AvgIpc) is 2.72. The molecule has 152 valence electrons. The number of amides is 2. The van der Waals surface area contributed by atoms with E-state index in [2.05, 4.69) is 31.8 Å². The van der Waals surface area contributed by atoms with Crippen molar-refractivity contribution in [2.75, 3.05) is 5.32 Å². The largest absolute Gasteiger partial charge is 0.322 e. The van der Waals surface area contributed by atoms with Gasteiger partial charge in [-0.15, -0.1) is 0 Å². The number of nitrogens with zero attached hydrogens (tertiary/aromatic N) is 1. The number of benzene rings is 3. The van der Waals surface area contributed by atoms with E-state index in [0.29, 0.717) is 32.0 Å². The summed E-state index contributed by atoms with van der Waals surface area (Å²) in [6, 6.07) is 18.9. The van der Waals surface area contributed by atoms with Gasteiger partial charge in [-0.1, -0.05) is 47.5 Å². The Kier molecular flexibility index (Phi) is 7.26. The second-order valence-corrected chi connectivity index (χ2v) is 7.98. The molecule has 0 unspecified atom stereocenters. The Hall–Kier alpha value is -2.67. The van der Waals surface area contributed by atoms with Crippen molar-refractivity contribution in [3.63, 3.8) is 0 Å². The van der Waals surface area contributed by atoms with Crippen molar-refractivity contribution in [1.29, 1.82) is 0 Å². The van der Waals surface area contributed by atoms with Crippen LogP contribution in [-0.2, 0) is 0 Å². The molecule has 0 aromatic heterocycles. The molecular formula is C22H16BrCl2N3O2. The molecule has 0 radical (unpaired) electrons. The molecule has 3 aromatic rings. The van der Waals surface area contributed by atoms with Gasteiger partial charge >= 0.3 is 0 Å². The number of rotatable bonds is 5. The summed E-state index contributed by atoms with van der Waals surface area (Å²) < 4.78 is 0.681. The van der Waals surface area contributed by atoms with Crippen molar-refractivity contribution in [2.45, 2.75) is 6.92 Å². The third-order valence-electron chi connectivity index (χ3n) is 4.16. The summed E-state index contributed by atoms with van der Waals surface area (Å²) in [5.74, 6) is -0.686. The van der Waals surface area contributed by atoms with Gasteiger partial charge in [-0.3, -0.25) is 9.59 Å². The molecule has 2 amide bonds. The maximum Gasteiger partial charge on any atom is 0.272 e. The first-order valence-electron chi connectivity index (χ1n) is 8.81. The summed E-state index contributed by atoms with van der Waals surface area (Å²) in [4.78, 5) is 24.8. The molecule has 0 saturated heterocycles. The monoisotopic (exact) mass is 503 g/mol. The van der Waals surface area contributed by atoms with E-state index in [9.17, 15) is 9.59 Å². The van der Waals surface area contributed by atoms with Crippen LogP contribution in [0.3, 0.4) is 0 Å². The van der Waals surface area contributed by atoms with Crippen LogP contribution in [0.2, 0.25) is 10.0 Å². The Balaban J connectivity index is 1.72. The first-order valence-corrected chi connectivity index (χ1v) is 10.4. The van der Waals surface area contributed by atoms with Gasteiger partial charge in [0.2, 0.25) is 0 Å².